The van der Waals surface area contributed by atoms with Crippen LogP contribution < -0.4 is 5.32 Å². The maximum atomic E-state index is 9.46. The van der Waals surface area contributed by atoms with Gasteiger partial charge >= 0.3 is 0 Å². The zero-order chi connectivity index (χ0) is 10.4. The zero-order valence-corrected chi connectivity index (χ0v) is 8.45. The smallest absolute Gasteiger partial charge is 0.161 e. The highest BCUT2D eigenvalue weighted by Gasteiger charge is 2.03. The average Bonchev–Trinajstić information content (AvgIpc) is 2.19. The minimum absolute atomic E-state index is 0.0171. The molecule has 0 aliphatic carbocycles. The van der Waals surface area contributed by atoms with Gasteiger partial charge in [0, 0.05) is 12.1 Å². The molecule has 0 radical (unpaired) electrons. The molecule has 3 heteroatoms. The Kier molecular flexibility index (Phi) is 4.26. The van der Waals surface area contributed by atoms with Crippen LogP contribution in [0.5, 0.6) is 11.5 Å². The van der Waals surface area contributed by atoms with Crippen LogP contribution in [0, 0.1) is 0 Å². The van der Waals surface area contributed by atoms with Gasteiger partial charge in [0.1, 0.15) is 0 Å². The Labute approximate surface area is 84.4 Å². The van der Waals surface area contributed by atoms with Crippen LogP contribution in [0.1, 0.15) is 25.3 Å². The third-order valence-electron chi connectivity index (χ3n) is 2.12. The monoisotopic (exact) mass is 195 g/mol. The first kappa shape index (κ1) is 10.9. The van der Waals surface area contributed by atoms with Gasteiger partial charge in [0.2, 0.25) is 0 Å². The van der Waals surface area contributed by atoms with Gasteiger partial charge in [-0.25, -0.2) is 0 Å². The van der Waals surface area contributed by atoms with Crippen molar-refractivity contribution in [1.82, 2.24) is 5.32 Å². The van der Waals surface area contributed by atoms with Crippen LogP contribution in [0.2, 0.25) is 0 Å². The molecule has 78 valence electrons. The van der Waals surface area contributed by atoms with E-state index < -0.39 is 0 Å². The molecular formula is C11H17NO2. The number of phenolic OH excluding ortho intramolecular Hbond substituents is 2. The first-order valence-corrected chi connectivity index (χ1v) is 4.96. The normalized spacial score (nSPS) is 10.4. The Bertz CT molecular complexity index is 287. The number of para-hydroxylation sites is 1. The lowest BCUT2D eigenvalue weighted by molar-refractivity contribution is 0.397. The summed E-state index contributed by atoms with van der Waals surface area (Å²) in [6, 6.07) is 5.00. The Morgan fingerprint density at radius 3 is 2.79 bits per heavy atom. The first-order valence-electron chi connectivity index (χ1n) is 4.96. The van der Waals surface area contributed by atoms with E-state index in [-0.39, 0.29) is 11.5 Å². The fourth-order valence-electron chi connectivity index (χ4n) is 1.25. The summed E-state index contributed by atoms with van der Waals surface area (Å²) in [5, 5.41) is 21.9. The van der Waals surface area contributed by atoms with E-state index in [2.05, 4.69) is 12.2 Å². The molecule has 0 aliphatic rings. The van der Waals surface area contributed by atoms with Gasteiger partial charge in [-0.2, -0.15) is 0 Å². The molecule has 0 bridgehead atoms. The maximum Gasteiger partial charge on any atom is 0.161 e. The Balaban J connectivity index is 2.46. The number of unbranched alkanes of at least 4 members (excludes halogenated alkanes) is 1. The summed E-state index contributed by atoms with van der Waals surface area (Å²) >= 11 is 0. The third-order valence-corrected chi connectivity index (χ3v) is 2.12. The zero-order valence-electron chi connectivity index (χ0n) is 8.45. The van der Waals surface area contributed by atoms with Crippen molar-refractivity contribution < 1.29 is 10.2 Å². The number of hydrogen-bond donors (Lipinski definition) is 3. The molecule has 0 aromatic heterocycles. The van der Waals surface area contributed by atoms with Crippen LogP contribution >= 0.6 is 0 Å². The highest BCUT2D eigenvalue weighted by molar-refractivity contribution is 5.44. The molecule has 0 heterocycles. The Hall–Kier alpha value is -1.22. The van der Waals surface area contributed by atoms with Crippen molar-refractivity contribution in [3.63, 3.8) is 0 Å². The highest BCUT2D eigenvalue weighted by Crippen LogP contribution is 2.27. The van der Waals surface area contributed by atoms with Gasteiger partial charge in [-0.15, -0.1) is 0 Å². The molecule has 3 nitrogen and oxygen atoms in total. The van der Waals surface area contributed by atoms with Crippen molar-refractivity contribution in [1.29, 1.82) is 0 Å². The lowest BCUT2D eigenvalue weighted by Gasteiger charge is -2.06. The standard InChI is InChI=1S/C11H17NO2/c1-2-3-7-12-8-9-5-4-6-10(13)11(9)14/h4-6,12-14H,2-3,7-8H2,1H3. The summed E-state index contributed by atoms with van der Waals surface area (Å²) in [4.78, 5) is 0. The fourth-order valence-corrected chi connectivity index (χ4v) is 1.25. The van der Waals surface area contributed by atoms with E-state index in [4.69, 9.17) is 0 Å². The van der Waals surface area contributed by atoms with Crippen molar-refractivity contribution in [3.05, 3.63) is 23.8 Å². The van der Waals surface area contributed by atoms with E-state index in [0.29, 0.717) is 6.54 Å². The summed E-state index contributed by atoms with van der Waals surface area (Å²) < 4.78 is 0. The van der Waals surface area contributed by atoms with Crippen molar-refractivity contribution in [2.45, 2.75) is 26.3 Å². The topological polar surface area (TPSA) is 52.5 Å². The fraction of sp³-hybridized carbons (Fsp3) is 0.455. The van der Waals surface area contributed by atoms with Crippen LogP contribution in [-0.4, -0.2) is 16.8 Å². The number of hydrogen-bond acceptors (Lipinski definition) is 3. The van der Waals surface area contributed by atoms with E-state index in [1.807, 2.05) is 0 Å². The summed E-state index contributed by atoms with van der Waals surface area (Å²) in [7, 11) is 0. The van der Waals surface area contributed by atoms with Gasteiger partial charge in [0.25, 0.3) is 0 Å². The Morgan fingerprint density at radius 1 is 1.29 bits per heavy atom. The van der Waals surface area contributed by atoms with Gasteiger partial charge in [0.15, 0.2) is 11.5 Å². The minimum atomic E-state index is -0.0557. The van der Waals surface area contributed by atoms with Gasteiger partial charge in [0.05, 0.1) is 0 Å². The van der Waals surface area contributed by atoms with E-state index in [1.54, 1.807) is 12.1 Å². The number of nitrogens with one attached hydrogen (secondary N) is 1. The van der Waals surface area contributed by atoms with Crippen molar-refractivity contribution in [3.8, 4) is 11.5 Å². The van der Waals surface area contributed by atoms with Gasteiger partial charge in [-0.3, -0.25) is 0 Å². The molecule has 0 amide bonds. The van der Waals surface area contributed by atoms with Crippen molar-refractivity contribution in [2.24, 2.45) is 0 Å². The molecule has 0 saturated heterocycles. The quantitative estimate of drug-likeness (QED) is 0.497. The van der Waals surface area contributed by atoms with Crippen molar-refractivity contribution >= 4 is 0 Å². The van der Waals surface area contributed by atoms with E-state index in [9.17, 15) is 10.2 Å². The molecule has 0 unspecified atom stereocenters. The number of aromatic hydroxyl groups is 2. The molecule has 1 aromatic rings. The average molecular weight is 195 g/mol. The van der Waals surface area contributed by atoms with Gasteiger partial charge < -0.3 is 15.5 Å². The molecule has 0 fully saturated rings. The van der Waals surface area contributed by atoms with Crippen LogP contribution in [0.25, 0.3) is 0 Å². The maximum absolute atomic E-state index is 9.46. The third kappa shape index (κ3) is 2.92. The summed E-state index contributed by atoms with van der Waals surface area (Å²) in [6.07, 6.45) is 2.28. The number of phenols is 2. The van der Waals surface area contributed by atoms with Crippen LogP contribution in [0.15, 0.2) is 18.2 Å². The predicted octanol–water partition coefficient (Wildman–Crippen LogP) is 1.99. The Morgan fingerprint density at radius 2 is 2.07 bits per heavy atom. The van der Waals surface area contributed by atoms with Crippen molar-refractivity contribution in [2.75, 3.05) is 6.54 Å². The van der Waals surface area contributed by atoms with E-state index >= 15 is 0 Å². The lowest BCUT2D eigenvalue weighted by Crippen LogP contribution is -2.14. The molecule has 14 heavy (non-hydrogen) atoms. The second-order valence-electron chi connectivity index (χ2n) is 3.32. The number of benzene rings is 1. The van der Waals surface area contributed by atoms with E-state index in [0.717, 1.165) is 24.9 Å². The largest absolute Gasteiger partial charge is 0.504 e. The second kappa shape index (κ2) is 5.50. The predicted molar refractivity (Wildman–Crippen MR) is 56.4 cm³/mol. The highest BCUT2D eigenvalue weighted by atomic mass is 16.3. The molecular weight excluding hydrogens is 178 g/mol. The summed E-state index contributed by atoms with van der Waals surface area (Å²) in [5.74, 6) is -0.0729. The molecule has 3 N–H and O–H groups in total. The van der Waals surface area contributed by atoms with Gasteiger partial charge in [-0.1, -0.05) is 25.5 Å². The molecule has 0 aliphatic heterocycles. The first-order chi connectivity index (χ1) is 6.75. The molecule has 0 spiro atoms. The summed E-state index contributed by atoms with van der Waals surface area (Å²) in [5.41, 5.74) is 0.737. The SMILES string of the molecule is CCCCNCc1cccc(O)c1O. The van der Waals surface area contributed by atoms with Gasteiger partial charge in [-0.05, 0) is 19.0 Å². The molecule has 1 aromatic carbocycles. The molecule has 0 saturated carbocycles. The minimum Gasteiger partial charge on any atom is -0.504 e. The van der Waals surface area contributed by atoms with Crippen LogP contribution in [-0.2, 0) is 6.54 Å². The van der Waals surface area contributed by atoms with Crippen LogP contribution in [0.4, 0.5) is 0 Å². The molecule has 0 atom stereocenters. The lowest BCUT2D eigenvalue weighted by atomic mass is 10.2. The summed E-state index contributed by atoms with van der Waals surface area (Å²) in [6.45, 7) is 3.67. The molecule has 1 rings (SSSR count). The van der Waals surface area contributed by atoms with E-state index in [1.165, 1.54) is 6.07 Å². The second-order valence-corrected chi connectivity index (χ2v) is 3.32. The number of rotatable bonds is 5. The van der Waals surface area contributed by atoms with Crippen LogP contribution in [0.3, 0.4) is 0 Å².